The number of hydrogen-bond donors (Lipinski definition) is 1. The first-order chi connectivity index (χ1) is 15.3. The van der Waals surface area contributed by atoms with Crippen LogP contribution in [0.15, 0.2) is 42.5 Å². The molecule has 1 spiro atoms. The number of anilines is 1. The van der Waals surface area contributed by atoms with Crippen LogP contribution in [0.3, 0.4) is 0 Å². The molecule has 1 fully saturated rings. The first kappa shape index (κ1) is 23.1. The van der Waals surface area contributed by atoms with Crippen molar-refractivity contribution >= 4 is 33.3 Å². The van der Waals surface area contributed by atoms with E-state index in [1.807, 2.05) is 11.8 Å². The van der Waals surface area contributed by atoms with Gasteiger partial charge in [0.05, 0.1) is 18.2 Å². The van der Waals surface area contributed by atoms with Crippen molar-refractivity contribution in [2.75, 3.05) is 36.9 Å². The second-order valence-electron chi connectivity index (χ2n) is 8.81. The van der Waals surface area contributed by atoms with Gasteiger partial charge < -0.3 is 9.64 Å². The van der Waals surface area contributed by atoms with Crippen molar-refractivity contribution in [3.63, 3.8) is 0 Å². The van der Waals surface area contributed by atoms with Gasteiger partial charge >= 0.3 is 0 Å². The molecule has 0 aliphatic carbocycles. The van der Waals surface area contributed by atoms with Gasteiger partial charge in [0.15, 0.2) is 5.78 Å². The molecule has 2 aromatic rings. The van der Waals surface area contributed by atoms with Crippen molar-refractivity contribution in [2.24, 2.45) is 0 Å². The van der Waals surface area contributed by atoms with Crippen LogP contribution in [0.25, 0.3) is 0 Å². The maximum absolute atomic E-state index is 12.9. The molecular formula is C24H30N2O4S2. The monoisotopic (exact) mass is 474 g/mol. The molecule has 0 saturated carbocycles. The molecule has 2 aromatic carbocycles. The minimum Gasteiger partial charge on any atom is -0.486 e. The molecule has 172 valence electrons. The lowest BCUT2D eigenvalue weighted by Gasteiger charge is -2.44. The Labute approximate surface area is 194 Å². The van der Waals surface area contributed by atoms with Crippen molar-refractivity contribution in [3.05, 3.63) is 59.2 Å². The molecule has 0 unspecified atom stereocenters. The van der Waals surface area contributed by atoms with Gasteiger partial charge in [-0.2, -0.15) is 11.8 Å². The number of piperidine rings is 1. The fraction of sp³-hybridized carbons (Fsp3) is 0.458. The standard InChI is InChI=1S/C24H30N2O4S2/c1-31-17-19-5-3-18(4-6-19)9-12-26-13-10-24(11-14-26)16-22(27)21-15-20(25-32(2,28)29)7-8-23(21)30-24/h3-8,15,25H,9-14,16-17H2,1-2H3. The number of benzene rings is 2. The van der Waals surface area contributed by atoms with E-state index in [-0.39, 0.29) is 5.78 Å². The second-order valence-corrected chi connectivity index (χ2v) is 11.4. The first-order valence-electron chi connectivity index (χ1n) is 10.9. The number of carbonyl (C=O) groups is 1. The first-order valence-corrected chi connectivity index (χ1v) is 14.2. The van der Waals surface area contributed by atoms with Crippen molar-refractivity contribution in [1.82, 2.24) is 4.90 Å². The molecule has 6 nitrogen and oxygen atoms in total. The Bertz CT molecular complexity index is 1080. The molecule has 32 heavy (non-hydrogen) atoms. The Kier molecular flexibility index (Phi) is 6.83. The average molecular weight is 475 g/mol. The van der Waals surface area contributed by atoms with E-state index in [1.54, 1.807) is 18.2 Å². The fourth-order valence-electron chi connectivity index (χ4n) is 4.49. The topological polar surface area (TPSA) is 75.7 Å². The number of ether oxygens (including phenoxy) is 1. The zero-order valence-corrected chi connectivity index (χ0v) is 20.2. The van der Waals surface area contributed by atoms with Gasteiger partial charge in [-0.05, 0) is 42.0 Å². The van der Waals surface area contributed by atoms with Gasteiger partial charge in [0, 0.05) is 43.9 Å². The summed E-state index contributed by atoms with van der Waals surface area (Å²) in [6, 6.07) is 13.8. The SMILES string of the molecule is CSCc1ccc(CCN2CCC3(CC2)CC(=O)c2cc(NS(C)(=O)=O)ccc2O3)cc1. The molecule has 8 heteroatoms. The van der Waals surface area contributed by atoms with Crippen molar-refractivity contribution in [1.29, 1.82) is 0 Å². The molecule has 0 amide bonds. The Balaban J connectivity index is 1.34. The molecule has 1 N–H and O–H groups in total. The molecule has 0 radical (unpaired) electrons. The maximum atomic E-state index is 12.9. The molecule has 1 saturated heterocycles. The molecule has 2 heterocycles. The molecule has 4 rings (SSSR count). The quantitative estimate of drug-likeness (QED) is 0.655. The molecule has 2 aliphatic heterocycles. The van der Waals surface area contributed by atoms with Gasteiger partial charge in [0.1, 0.15) is 11.4 Å². The summed E-state index contributed by atoms with van der Waals surface area (Å²) in [5.74, 6) is 1.62. The molecule has 0 bridgehead atoms. The Morgan fingerprint density at radius 2 is 1.78 bits per heavy atom. The fourth-order valence-corrected chi connectivity index (χ4v) is 5.57. The van der Waals surface area contributed by atoms with Crippen molar-refractivity contribution < 1.29 is 17.9 Å². The third-order valence-corrected chi connectivity index (χ3v) is 7.44. The summed E-state index contributed by atoms with van der Waals surface area (Å²) in [7, 11) is -3.39. The van der Waals surface area contributed by atoms with E-state index in [0.29, 0.717) is 23.4 Å². The highest BCUT2D eigenvalue weighted by Crippen LogP contribution is 2.40. The summed E-state index contributed by atoms with van der Waals surface area (Å²) in [6.45, 7) is 2.81. The van der Waals surface area contributed by atoms with Gasteiger partial charge in [-0.3, -0.25) is 9.52 Å². The number of likely N-dealkylation sites (tertiary alicyclic amines) is 1. The summed E-state index contributed by atoms with van der Waals surface area (Å²) < 4.78 is 31.7. The third-order valence-electron chi connectivity index (χ3n) is 6.21. The van der Waals surface area contributed by atoms with Crippen LogP contribution >= 0.6 is 11.8 Å². The van der Waals surface area contributed by atoms with Crippen LogP contribution in [0.4, 0.5) is 5.69 Å². The molecule has 0 aromatic heterocycles. The zero-order valence-electron chi connectivity index (χ0n) is 18.6. The minimum absolute atomic E-state index is 0.0159. The predicted octanol–water partition coefficient (Wildman–Crippen LogP) is 3.96. The van der Waals surface area contributed by atoms with Crippen LogP contribution in [-0.2, 0) is 22.2 Å². The molecule has 0 atom stereocenters. The smallest absolute Gasteiger partial charge is 0.229 e. The van der Waals surface area contributed by atoms with E-state index in [2.05, 4.69) is 40.1 Å². The average Bonchev–Trinajstić information content (AvgIpc) is 2.74. The largest absolute Gasteiger partial charge is 0.486 e. The maximum Gasteiger partial charge on any atom is 0.229 e. The summed E-state index contributed by atoms with van der Waals surface area (Å²) >= 11 is 1.83. The number of hydrogen-bond acceptors (Lipinski definition) is 6. The van der Waals surface area contributed by atoms with Crippen LogP contribution in [0.1, 0.15) is 40.7 Å². The van der Waals surface area contributed by atoms with Crippen LogP contribution in [0, 0.1) is 0 Å². The van der Waals surface area contributed by atoms with E-state index < -0.39 is 15.6 Å². The van der Waals surface area contributed by atoms with E-state index in [1.165, 1.54) is 11.1 Å². The van der Waals surface area contributed by atoms with Crippen molar-refractivity contribution in [3.8, 4) is 5.75 Å². The van der Waals surface area contributed by atoms with E-state index in [4.69, 9.17) is 4.74 Å². The zero-order chi connectivity index (χ0) is 22.8. The predicted molar refractivity (Wildman–Crippen MR) is 130 cm³/mol. The van der Waals surface area contributed by atoms with Gasteiger partial charge in [0.2, 0.25) is 10.0 Å². The highest BCUT2D eigenvalue weighted by atomic mass is 32.2. The number of nitrogens with zero attached hydrogens (tertiary/aromatic N) is 1. The van der Waals surface area contributed by atoms with Crippen LogP contribution in [0.2, 0.25) is 0 Å². The highest BCUT2D eigenvalue weighted by molar-refractivity contribution is 7.97. The number of thioether (sulfide) groups is 1. The van der Waals surface area contributed by atoms with Gasteiger partial charge in [0.25, 0.3) is 0 Å². The number of rotatable bonds is 7. The highest BCUT2D eigenvalue weighted by Gasteiger charge is 2.42. The van der Waals surface area contributed by atoms with Crippen LogP contribution in [-0.4, -0.2) is 56.8 Å². The summed E-state index contributed by atoms with van der Waals surface area (Å²) in [5.41, 5.74) is 3.10. The van der Waals surface area contributed by atoms with Gasteiger partial charge in [-0.25, -0.2) is 8.42 Å². The van der Waals surface area contributed by atoms with Gasteiger partial charge in [-0.15, -0.1) is 0 Å². The summed E-state index contributed by atoms with van der Waals surface area (Å²) in [5, 5.41) is 0. The lowest BCUT2D eigenvalue weighted by atomic mass is 9.82. The Morgan fingerprint density at radius 1 is 1.09 bits per heavy atom. The van der Waals surface area contributed by atoms with Crippen LogP contribution < -0.4 is 9.46 Å². The summed E-state index contributed by atoms with van der Waals surface area (Å²) in [4.78, 5) is 15.3. The lowest BCUT2D eigenvalue weighted by Crippen LogP contribution is -2.51. The second kappa shape index (κ2) is 9.45. The number of carbonyl (C=O) groups excluding carboxylic acids is 1. The van der Waals surface area contributed by atoms with Gasteiger partial charge in [-0.1, -0.05) is 24.3 Å². The Morgan fingerprint density at radius 3 is 2.44 bits per heavy atom. The number of fused-ring (bicyclic) bond motifs is 1. The number of nitrogens with one attached hydrogen (secondary N) is 1. The van der Waals surface area contributed by atoms with E-state index in [9.17, 15) is 13.2 Å². The number of sulfonamides is 1. The summed E-state index contributed by atoms with van der Waals surface area (Å²) in [6.07, 6.45) is 6.20. The van der Waals surface area contributed by atoms with E-state index in [0.717, 1.165) is 50.9 Å². The molecular weight excluding hydrogens is 444 g/mol. The number of Topliss-reactive ketones (excluding diaryl/α,β-unsaturated/α-hetero) is 1. The lowest BCUT2D eigenvalue weighted by molar-refractivity contribution is -0.00865. The third kappa shape index (κ3) is 5.66. The van der Waals surface area contributed by atoms with Crippen molar-refractivity contribution in [2.45, 2.75) is 37.0 Å². The van der Waals surface area contributed by atoms with Crippen LogP contribution in [0.5, 0.6) is 5.75 Å². The number of ketones is 1. The normalized spacial score (nSPS) is 18.2. The minimum atomic E-state index is -3.39. The Hall–Kier alpha value is -2.03. The molecule has 2 aliphatic rings. The van der Waals surface area contributed by atoms with E-state index >= 15 is 0 Å².